The average molecular weight is 172 g/mol. The van der Waals surface area contributed by atoms with Crippen LogP contribution in [0.25, 0.3) is 0 Å². The molecular weight excluding hydrogens is 156 g/mol. The molecule has 13 heavy (non-hydrogen) atoms. The van der Waals surface area contributed by atoms with Crippen molar-refractivity contribution < 1.29 is 0 Å². The second-order valence-electron chi connectivity index (χ2n) is 3.67. The van der Waals surface area contributed by atoms with Crippen molar-refractivity contribution in [2.45, 2.75) is 32.6 Å². The van der Waals surface area contributed by atoms with Crippen molar-refractivity contribution >= 4 is 0 Å². The van der Waals surface area contributed by atoms with E-state index in [1.54, 1.807) is 0 Å². The number of hydrogen-bond acceptors (Lipinski definition) is 0. The molecule has 0 aromatic heterocycles. The molecule has 0 nitrogen and oxygen atoms in total. The van der Waals surface area contributed by atoms with E-state index in [1.807, 2.05) is 0 Å². The molecule has 0 unspecified atom stereocenters. The highest BCUT2D eigenvalue weighted by atomic mass is 14.2. The van der Waals surface area contributed by atoms with E-state index in [4.69, 9.17) is 0 Å². The summed E-state index contributed by atoms with van der Waals surface area (Å²) >= 11 is 0. The lowest BCUT2D eigenvalue weighted by Crippen LogP contribution is -1.88. The van der Waals surface area contributed by atoms with Gasteiger partial charge in [0.2, 0.25) is 0 Å². The third-order valence-corrected chi connectivity index (χ3v) is 2.68. The summed E-state index contributed by atoms with van der Waals surface area (Å²) in [7, 11) is 0. The quantitative estimate of drug-likeness (QED) is 0.605. The summed E-state index contributed by atoms with van der Waals surface area (Å²) in [4.78, 5) is 0. The summed E-state index contributed by atoms with van der Waals surface area (Å²) in [5.41, 5.74) is 4.44. The number of unbranched alkanes of at least 4 members (excludes halogenated alkanes) is 1. The lowest BCUT2D eigenvalue weighted by molar-refractivity contribution is 0.797. The van der Waals surface area contributed by atoms with Crippen LogP contribution >= 0.6 is 0 Å². The molecule has 0 saturated heterocycles. The van der Waals surface area contributed by atoms with Crippen LogP contribution in [0.3, 0.4) is 0 Å². The Kier molecular flexibility index (Phi) is 2.49. The molecule has 0 heteroatoms. The molecule has 0 aromatic carbocycles. The van der Waals surface area contributed by atoms with Crippen LogP contribution in [-0.2, 0) is 0 Å². The fourth-order valence-corrected chi connectivity index (χ4v) is 1.90. The van der Waals surface area contributed by atoms with Crippen LogP contribution in [0.4, 0.5) is 0 Å². The maximum Gasteiger partial charge on any atom is -0.0157 e. The minimum absolute atomic E-state index is 1.10. The third-order valence-electron chi connectivity index (χ3n) is 2.68. The van der Waals surface area contributed by atoms with Crippen LogP contribution < -0.4 is 0 Å². The Morgan fingerprint density at radius 1 is 1.23 bits per heavy atom. The summed E-state index contributed by atoms with van der Waals surface area (Å²) < 4.78 is 0. The maximum absolute atomic E-state index is 2.31. The van der Waals surface area contributed by atoms with Crippen molar-refractivity contribution in [2.75, 3.05) is 0 Å². The number of rotatable bonds is 3. The molecule has 2 aliphatic rings. The Labute approximate surface area is 80.3 Å². The van der Waals surface area contributed by atoms with Crippen LogP contribution in [0.5, 0.6) is 0 Å². The topological polar surface area (TPSA) is 0 Å². The first-order valence-electron chi connectivity index (χ1n) is 5.20. The van der Waals surface area contributed by atoms with E-state index in [-0.39, 0.29) is 0 Å². The van der Waals surface area contributed by atoms with Gasteiger partial charge in [-0.3, -0.25) is 0 Å². The first-order chi connectivity index (χ1) is 6.42. The van der Waals surface area contributed by atoms with E-state index >= 15 is 0 Å². The van der Waals surface area contributed by atoms with Crippen molar-refractivity contribution in [3.8, 4) is 0 Å². The monoisotopic (exact) mass is 172 g/mol. The SMILES string of the molecule is CCCCC1=C2C=CCC=C2C=C1. The van der Waals surface area contributed by atoms with Gasteiger partial charge in [-0.15, -0.1) is 0 Å². The van der Waals surface area contributed by atoms with Crippen LogP contribution in [0, 0.1) is 0 Å². The Morgan fingerprint density at radius 3 is 3.00 bits per heavy atom. The zero-order chi connectivity index (χ0) is 9.10. The zero-order valence-electron chi connectivity index (χ0n) is 8.22. The van der Waals surface area contributed by atoms with Crippen molar-refractivity contribution in [3.63, 3.8) is 0 Å². The standard InChI is InChI=1S/C13H16/c1-2-3-6-11-9-10-12-7-4-5-8-13(11)12/h5,7-10H,2-4,6H2,1H3. The van der Waals surface area contributed by atoms with E-state index in [1.165, 1.54) is 36.0 Å². The molecule has 0 fully saturated rings. The number of allylic oxidation sites excluding steroid dienone is 8. The van der Waals surface area contributed by atoms with Gasteiger partial charge in [0.25, 0.3) is 0 Å². The Hall–Kier alpha value is -1.04. The molecule has 0 heterocycles. The first-order valence-corrected chi connectivity index (χ1v) is 5.20. The van der Waals surface area contributed by atoms with E-state index in [2.05, 4.69) is 37.3 Å². The first kappa shape index (κ1) is 8.55. The van der Waals surface area contributed by atoms with E-state index in [9.17, 15) is 0 Å². The fraction of sp³-hybridized carbons (Fsp3) is 0.385. The van der Waals surface area contributed by atoms with Gasteiger partial charge in [-0.2, -0.15) is 0 Å². The maximum atomic E-state index is 2.31. The van der Waals surface area contributed by atoms with Gasteiger partial charge < -0.3 is 0 Å². The largest absolute Gasteiger partial charge is 0.0801 e. The predicted octanol–water partition coefficient (Wildman–Crippen LogP) is 3.93. The minimum atomic E-state index is 1.10. The van der Waals surface area contributed by atoms with Gasteiger partial charge in [-0.1, -0.05) is 43.7 Å². The van der Waals surface area contributed by atoms with Crippen LogP contribution in [0.15, 0.2) is 47.1 Å². The fourth-order valence-electron chi connectivity index (χ4n) is 1.90. The number of fused-ring (bicyclic) bond motifs is 1. The van der Waals surface area contributed by atoms with Crippen LogP contribution in [0.2, 0.25) is 0 Å². The molecule has 0 saturated carbocycles. The summed E-state index contributed by atoms with van der Waals surface area (Å²) in [6.45, 7) is 2.25. The van der Waals surface area contributed by atoms with E-state index in [0.717, 1.165) is 6.42 Å². The highest BCUT2D eigenvalue weighted by molar-refractivity contribution is 5.59. The smallest absolute Gasteiger partial charge is 0.0157 e. The summed E-state index contributed by atoms with van der Waals surface area (Å²) in [5.74, 6) is 0. The van der Waals surface area contributed by atoms with Gasteiger partial charge in [0.1, 0.15) is 0 Å². The summed E-state index contributed by atoms with van der Waals surface area (Å²) in [6, 6.07) is 0. The molecule has 0 bridgehead atoms. The molecule has 68 valence electrons. The van der Waals surface area contributed by atoms with Gasteiger partial charge >= 0.3 is 0 Å². The molecule has 0 radical (unpaired) electrons. The minimum Gasteiger partial charge on any atom is -0.0801 e. The van der Waals surface area contributed by atoms with Crippen LogP contribution in [-0.4, -0.2) is 0 Å². The lowest BCUT2D eigenvalue weighted by atomic mass is 9.98. The van der Waals surface area contributed by atoms with Gasteiger partial charge in [0.05, 0.1) is 0 Å². The average Bonchev–Trinajstić information content (AvgIpc) is 2.58. The lowest BCUT2D eigenvalue weighted by Gasteiger charge is -2.07. The molecule has 0 aliphatic heterocycles. The second-order valence-corrected chi connectivity index (χ2v) is 3.67. The van der Waals surface area contributed by atoms with Crippen molar-refractivity contribution in [3.05, 3.63) is 47.1 Å². The second kappa shape index (κ2) is 3.78. The zero-order valence-corrected chi connectivity index (χ0v) is 8.22. The highest BCUT2D eigenvalue weighted by Gasteiger charge is 2.12. The van der Waals surface area contributed by atoms with Crippen molar-refractivity contribution in [2.24, 2.45) is 0 Å². The Bertz CT molecular complexity index is 311. The molecule has 0 amide bonds. The summed E-state index contributed by atoms with van der Waals surface area (Å²) in [6.07, 6.45) is 16.3. The van der Waals surface area contributed by atoms with Gasteiger partial charge in [-0.05, 0) is 36.0 Å². The van der Waals surface area contributed by atoms with E-state index < -0.39 is 0 Å². The van der Waals surface area contributed by atoms with Gasteiger partial charge in [-0.25, -0.2) is 0 Å². The van der Waals surface area contributed by atoms with Crippen molar-refractivity contribution in [1.29, 1.82) is 0 Å². The molecule has 0 spiro atoms. The normalized spacial score (nSPS) is 19.3. The van der Waals surface area contributed by atoms with E-state index in [0.29, 0.717) is 0 Å². The Balaban J connectivity index is 2.17. The predicted molar refractivity (Wildman–Crippen MR) is 57.5 cm³/mol. The molecular formula is C13H16. The molecule has 2 rings (SSSR count). The highest BCUT2D eigenvalue weighted by Crippen LogP contribution is 2.31. The third kappa shape index (κ3) is 1.67. The molecule has 2 aliphatic carbocycles. The number of hydrogen-bond donors (Lipinski definition) is 0. The molecule has 0 atom stereocenters. The van der Waals surface area contributed by atoms with Crippen molar-refractivity contribution in [1.82, 2.24) is 0 Å². The van der Waals surface area contributed by atoms with Gasteiger partial charge in [0.15, 0.2) is 0 Å². The summed E-state index contributed by atoms with van der Waals surface area (Å²) in [5, 5.41) is 0. The van der Waals surface area contributed by atoms with Gasteiger partial charge in [0, 0.05) is 0 Å². The Morgan fingerprint density at radius 2 is 2.15 bits per heavy atom. The molecule has 0 aromatic rings. The molecule has 0 N–H and O–H groups in total. The van der Waals surface area contributed by atoms with Crippen LogP contribution in [0.1, 0.15) is 32.6 Å².